The first-order valence-corrected chi connectivity index (χ1v) is 8.52. The number of aryl methyl sites for hydroxylation is 1. The first-order valence-electron chi connectivity index (χ1n) is 8.52. The van der Waals surface area contributed by atoms with Gasteiger partial charge in [-0.3, -0.25) is 0 Å². The standard InChI is InChI=1S/C18H21N5O2/c1-3-16-20-18-17(22-7-9-25-10-8-22)19-15(12-23(18)21-16)13-5-4-6-14(11-13)24-2/h4-6,11-12H,3,7-10H2,1-2H3. The number of hydrogen-bond acceptors (Lipinski definition) is 6. The molecule has 0 atom stereocenters. The summed E-state index contributed by atoms with van der Waals surface area (Å²) in [6, 6.07) is 7.90. The lowest BCUT2D eigenvalue weighted by Crippen LogP contribution is -2.37. The van der Waals surface area contributed by atoms with Crippen LogP contribution in [0.15, 0.2) is 30.5 Å². The summed E-state index contributed by atoms with van der Waals surface area (Å²) in [7, 11) is 1.67. The van der Waals surface area contributed by atoms with E-state index in [9.17, 15) is 0 Å². The molecule has 7 nitrogen and oxygen atoms in total. The number of benzene rings is 1. The van der Waals surface area contributed by atoms with Crippen molar-refractivity contribution in [3.8, 4) is 17.0 Å². The predicted molar refractivity (Wildman–Crippen MR) is 95.2 cm³/mol. The van der Waals surface area contributed by atoms with Gasteiger partial charge in [0.2, 0.25) is 0 Å². The first kappa shape index (κ1) is 15.8. The van der Waals surface area contributed by atoms with Crippen LogP contribution >= 0.6 is 0 Å². The van der Waals surface area contributed by atoms with Gasteiger partial charge in [0.05, 0.1) is 32.2 Å². The number of nitrogens with zero attached hydrogens (tertiary/aromatic N) is 5. The number of morpholine rings is 1. The molecule has 1 saturated heterocycles. The number of methoxy groups -OCH3 is 1. The number of ether oxygens (including phenoxy) is 2. The second kappa shape index (κ2) is 6.68. The molecule has 3 heterocycles. The average molecular weight is 339 g/mol. The Morgan fingerprint density at radius 2 is 2.04 bits per heavy atom. The van der Waals surface area contributed by atoms with Gasteiger partial charge in [0.1, 0.15) is 5.75 Å². The minimum absolute atomic E-state index is 0.700. The van der Waals surface area contributed by atoms with E-state index in [1.165, 1.54) is 0 Å². The Labute approximate surface area is 146 Å². The van der Waals surface area contributed by atoms with E-state index in [0.717, 1.165) is 53.8 Å². The molecule has 0 spiro atoms. The molecule has 0 radical (unpaired) electrons. The average Bonchev–Trinajstić information content (AvgIpc) is 3.11. The quantitative estimate of drug-likeness (QED) is 0.726. The van der Waals surface area contributed by atoms with Gasteiger partial charge < -0.3 is 14.4 Å². The molecule has 1 fully saturated rings. The Kier molecular flexibility index (Phi) is 4.23. The Morgan fingerprint density at radius 3 is 2.80 bits per heavy atom. The van der Waals surface area contributed by atoms with Gasteiger partial charge in [-0.15, -0.1) is 0 Å². The molecule has 0 unspecified atom stereocenters. The fourth-order valence-corrected chi connectivity index (χ4v) is 2.98. The van der Waals surface area contributed by atoms with E-state index in [1.807, 2.05) is 35.0 Å². The summed E-state index contributed by atoms with van der Waals surface area (Å²) in [6.07, 6.45) is 2.72. The van der Waals surface area contributed by atoms with Crippen molar-refractivity contribution in [1.82, 2.24) is 19.6 Å². The molecular formula is C18H21N5O2. The lowest BCUT2D eigenvalue weighted by Gasteiger charge is -2.28. The Balaban J connectivity index is 1.87. The van der Waals surface area contributed by atoms with E-state index in [0.29, 0.717) is 13.2 Å². The third-order valence-corrected chi connectivity index (χ3v) is 4.34. The Hall–Kier alpha value is -2.67. The molecule has 0 aliphatic carbocycles. The van der Waals surface area contributed by atoms with Crippen LogP contribution in [-0.2, 0) is 11.2 Å². The molecule has 4 rings (SSSR count). The second-order valence-electron chi connectivity index (χ2n) is 5.93. The largest absolute Gasteiger partial charge is 0.497 e. The van der Waals surface area contributed by atoms with Gasteiger partial charge >= 0.3 is 0 Å². The first-order chi connectivity index (χ1) is 12.3. The molecule has 0 amide bonds. The van der Waals surface area contributed by atoms with Crippen molar-refractivity contribution >= 4 is 11.5 Å². The number of rotatable bonds is 4. The number of anilines is 1. The zero-order valence-electron chi connectivity index (χ0n) is 14.5. The highest BCUT2D eigenvalue weighted by molar-refractivity contribution is 5.70. The van der Waals surface area contributed by atoms with Crippen molar-refractivity contribution in [2.75, 3.05) is 38.3 Å². The molecule has 0 bridgehead atoms. The summed E-state index contributed by atoms with van der Waals surface area (Å²) in [5, 5.41) is 4.59. The second-order valence-corrected chi connectivity index (χ2v) is 5.93. The summed E-state index contributed by atoms with van der Waals surface area (Å²) < 4.78 is 12.7. The van der Waals surface area contributed by atoms with Crippen LogP contribution in [0.1, 0.15) is 12.7 Å². The van der Waals surface area contributed by atoms with Crippen LogP contribution in [-0.4, -0.2) is 53.0 Å². The normalized spacial score (nSPS) is 14.9. The van der Waals surface area contributed by atoms with Gasteiger partial charge in [-0.1, -0.05) is 19.1 Å². The minimum atomic E-state index is 0.700. The molecule has 25 heavy (non-hydrogen) atoms. The maximum absolute atomic E-state index is 5.48. The molecular weight excluding hydrogens is 318 g/mol. The van der Waals surface area contributed by atoms with Crippen molar-refractivity contribution in [2.24, 2.45) is 0 Å². The van der Waals surface area contributed by atoms with Gasteiger partial charge in [-0.05, 0) is 12.1 Å². The number of aromatic nitrogens is 4. The Bertz CT molecular complexity index is 886. The number of fused-ring (bicyclic) bond motifs is 1. The van der Waals surface area contributed by atoms with Crippen LogP contribution in [0.4, 0.5) is 5.82 Å². The molecule has 7 heteroatoms. The van der Waals surface area contributed by atoms with E-state index in [2.05, 4.69) is 21.9 Å². The van der Waals surface area contributed by atoms with Gasteiger partial charge in [0, 0.05) is 25.1 Å². The molecule has 1 aromatic carbocycles. The molecule has 0 saturated carbocycles. The van der Waals surface area contributed by atoms with Crippen LogP contribution in [0.5, 0.6) is 5.75 Å². The van der Waals surface area contributed by atoms with Crippen molar-refractivity contribution < 1.29 is 9.47 Å². The van der Waals surface area contributed by atoms with E-state index >= 15 is 0 Å². The monoisotopic (exact) mass is 339 g/mol. The third-order valence-electron chi connectivity index (χ3n) is 4.34. The predicted octanol–water partition coefficient (Wildman–Crippen LogP) is 2.20. The van der Waals surface area contributed by atoms with E-state index in [4.69, 9.17) is 14.5 Å². The maximum Gasteiger partial charge on any atom is 0.198 e. The minimum Gasteiger partial charge on any atom is -0.497 e. The fourth-order valence-electron chi connectivity index (χ4n) is 2.98. The lowest BCUT2D eigenvalue weighted by atomic mass is 10.1. The van der Waals surface area contributed by atoms with Crippen molar-refractivity contribution in [2.45, 2.75) is 13.3 Å². The molecule has 2 aromatic heterocycles. The van der Waals surface area contributed by atoms with Crippen LogP contribution in [0, 0.1) is 0 Å². The molecule has 0 N–H and O–H groups in total. The smallest absolute Gasteiger partial charge is 0.198 e. The Morgan fingerprint density at radius 1 is 1.20 bits per heavy atom. The van der Waals surface area contributed by atoms with Crippen molar-refractivity contribution in [3.63, 3.8) is 0 Å². The highest BCUT2D eigenvalue weighted by atomic mass is 16.5. The zero-order chi connectivity index (χ0) is 17.2. The summed E-state index contributed by atoms with van der Waals surface area (Å²) >= 11 is 0. The van der Waals surface area contributed by atoms with Crippen LogP contribution in [0.2, 0.25) is 0 Å². The highest BCUT2D eigenvalue weighted by Gasteiger charge is 2.20. The van der Waals surface area contributed by atoms with E-state index < -0.39 is 0 Å². The highest BCUT2D eigenvalue weighted by Crippen LogP contribution is 2.27. The summed E-state index contributed by atoms with van der Waals surface area (Å²) in [5.41, 5.74) is 2.63. The van der Waals surface area contributed by atoms with E-state index in [-0.39, 0.29) is 0 Å². The summed E-state index contributed by atoms with van der Waals surface area (Å²) in [6.45, 7) is 5.06. The van der Waals surface area contributed by atoms with Gasteiger partial charge in [-0.25, -0.2) is 14.5 Å². The maximum atomic E-state index is 5.48. The van der Waals surface area contributed by atoms with Crippen molar-refractivity contribution in [1.29, 1.82) is 0 Å². The van der Waals surface area contributed by atoms with Gasteiger partial charge in [0.15, 0.2) is 17.3 Å². The van der Waals surface area contributed by atoms with E-state index in [1.54, 1.807) is 7.11 Å². The van der Waals surface area contributed by atoms with Crippen LogP contribution in [0.3, 0.4) is 0 Å². The lowest BCUT2D eigenvalue weighted by molar-refractivity contribution is 0.122. The topological polar surface area (TPSA) is 64.8 Å². The van der Waals surface area contributed by atoms with Gasteiger partial charge in [0.25, 0.3) is 0 Å². The van der Waals surface area contributed by atoms with Crippen LogP contribution < -0.4 is 9.64 Å². The van der Waals surface area contributed by atoms with Gasteiger partial charge in [-0.2, -0.15) is 5.10 Å². The SMILES string of the molecule is CCc1nc2c(N3CCOCC3)nc(-c3cccc(OC)c3)cn2n1. The third kappa shape index (κ3) is 3.02. The summed E-state index contributed by atoms with van der Waals surface area (Å²) in [5.74, 6) is 2.48. The van der Waals surface area contributed by atoms with Crippen LogP contribution in [0.25, 0.3) is 16.9 Å². The fraction of sp³-hybridized carbons (Fsp3) is 0.389. The molecule has 1 aliphatic rings. The molecule has 3 aromatic rings. The summed E-state index contributed by atoms with van der Waals surface area (Å²) in [4.78, 5) is 11.8. The number of hydrogen-bond donors (Lipinski definition) is 0. The molecule has 1 aliphatic heterocycles. The zero-order valence-corrected chi connectivity index (χ0v) is 14.5. The van der Waals surface area contributed by atoms with Crippen molar-refractivity contribution in [3.05, 3.63) is 36.3 Å². The molecule has 130 valence electrons.